The van der Waals surface area contributed by atoms with Gasteiger partial charge >= 0.3 is 5.97 Å². The SMILES string of the molecule is CC1=C(C(=O)Nc2ccc(Cl)cc2Cl)C(c2ccco2)C(C#N)=C(SCC(=O)OC(C)C)N1. The number of allylic oxidation sites excluding steroid dienone is 2. The number of halogens is 2. The zero-order valence-corrected chi connectivity index (χ0v) is 20.4. The summed E-state index contributed by atoms with van der Waals surface area (Å²) in [7, 11) is 0. The van der Waals surface area contributed by atoms with Crippen LogP contribution in [0.2, 0.25) is 10.0 Å². The number of nitrogens with zero attached hydrogens (tertiary/aromatic N) is 1. The molecule has 2 aromatic rings. The van der Waals surface area contributed by atoms with Crippen LogP contribution in [0.25, 0.3) is 0 Å². The predicted octanol–water partition coefficient (Wildman–Crippen LogP) is 5.61. The molecule has 10 heteroatoms. The van der Waals surface area contributed by atoms with Crippen molar-refractivity contribution in [3.8, 4) is 6.07 Å². The third kappa shape index (κ3) is 5.93. The number of benzene rings is 1. The number of amides is 1. The number of anilines is 1. The van der Waals surface area contributed by atoms with Crippen molar-refractivity contribution in [3.63, 3.8) is 0 Å². The Balaban J connectivity index is 1.94. The zero-order chi connectivity index (χ0) is 24.1. The van der Waals surface area contributed by atoms with Gasteiger partial charge in [0.25, 0.3) is 5.91 Å². The second kappa shape index (κ2) is 10.8. The largest absolute Gasteiger partial charge is 0.468 e. The van der Waals surface area contributed by atoms with E-state index in [0.717, 1.165) is 11.8 Å². The number of esters is 1. The van der Waals surface area contributed by atoms with Crippen LogP contribution in [0.3, 0.4) is 0 Å². The first-order valence-electron chi connectivity index (χ1n) is 9.95. The summed E-state index contributed by atoms with van der Waals surface area (Å²) in [5.74, 6) is -1.21. The van der Waals surface area contributed by atoms with Gasteiger partial charge in [0, 0.05) is 10.7 Å². The van der Waals surface area contributed by atoms with E-state index in [9.17, 15) is 14.9 Å². The van der Waals surface area contributed by atoms with E-state index in [0.29, 0.717) is 32.8 Å². The van der Waals surface area contributed by atoms with Crippen LogP contribution in [0.1, 0.15) is 32.4 Å². The summed E-state index contributed by atoms with van der Waals surface area (Å²) in [6.45, 7) is 5.24. The van der Waals surface area contributed by atoms with Crippen molar-refractivity contribution in [1.82, 2.24) is 5.32 Å². The number of dihydropyridines is 1. The number of ether oxygens (including phenoxy) is 1. The highest BCUT2D eigenvalue weighted by molar-refractivity contribution is 8.03. The fourth-order valence-electron chi connectivity index (χ4n) is 3.28. The Kier molecular flexibility index (Phi) is 8.14. The van der Waals surface area contributed by atoms with Gasteiger partial charge in [-0.15, -0.1) is 0 Å². The van der Waals surface area contributed by atoms with Crippen LogP contribution in [0, 0.1) is 11.3 Å². The van der Waals surface area contributed by atoms with Gasteiger partial charge in [0.1, 0.15) is 5.76 Å². The number of carbonyl (C=O) groups excluding carboxylic acids is 2. The highest BCUT2D eigenvalue weighted by Crippen LogP contribution is 2.41. The van der Waals surface area contributed by atoms with E-state index in [2.05, 4.69) is 16.7 Å². The molecule has 0 bridgehead atoms. The molecule has 1 amide bonds. The van der Waals surface area contributed by atoms with E-state index >= 15 is 0 Å². The minimum Gasteiger partial charge on any atom is -0.468 e. The second-order valence-electron chi connectivity index (χ2n) is 7.37. The number of hydrogen-bond donors (Lipinski definition) is 2. The standard InChI is InChI=1S/C23H21Cl2N3O4S/c1-12(2)32-19(29)11-33-23-15(10-26)21(18-5-4-8-31-18)20(13(3)27-23)22(30)28-17-7-6-14(24)9-16(17)25/h4-9,12,21,27H,11H2,1-3H3,(H,28,30). The van der Waals surface area contributed by atoms with E-state index in [1.807, 2.05) is 0 Å². The van der Waals surface area contributed by atoms with Gasteiger partial charge in [0.15, 0.2) is 0 Å². The number of hydrogen-bond acceptors (Lipinski definition) is 7. The van der Waals surface area contributed by atoms with Gasteiger partial charge in [-0.1, -0.05) is 35.0 Å². The lowest BCUT2D eigenvalue weighted by molar-refractivity contribution is -0.144. The van der Waals surface area contributed by atoms with Gasteiger partial charge in [-0.05, 0) is 51.1 Å². The third-order valence-electron chi connectivity index (χ3n) is 4.60. The first kappa shape index (κ1) is 24.8. The summed E-state index contributed by atoms with van der Waals surface area (Å²) < 4.78 is 10.8. The Morgan fingerprint density at radius 1 is 1.33 bits per heavy atom. The molecule has 7 nitrogen and oxygen atoms in total. The minimum atomic E-state index is -0.777. The summed E-state index contributed by atoms with van der Waals surface area (Å²) in [6, 6.07) is 10.3. The zero-order valence-electron chi connectivity index (χ0n) is 18.1. The van der Waals surface area contributed by atoms with Crippen molar-refractivity contribution >= 4 is 52.5 Å². The lowest BCUT2D eigenvalue weighted by Gasteiger charge is -2.28. The maximum atomic E-state index is 13.3. The van der Waals surface area contributed by atoms with Gasteiger partial charge in [-0.25, -0.2) is 0 Å². The quantitative estimate of drug-likeness (QED) is 0.471. The fourth-order valence-corrected chi connectivity index (χ4v) is 4.61. The summed E-state index contributed by atoms with van der Waals surface area (Å²) in [6.07, 6.45) is 1.23. The maximum absolute atomic E-state index is 13.3. The molecule has 0 saturated carbocycles. The Hall–Kier alpha value is -2.86. The molecule has 1 aliphatic heterocycles. The highest BCUT2D eigenvalue weighted by Gasteiger charge is 2.36. The van der Waals surface area contributed by atoms with Crippen molar-refractivity contribution in [1.29, 1.82) is 5.26 Å². The topological polar surface area (TPSA) is 104 Å². The number of furan rings is 1. The third-order valence-corrected chi connectivity index (χ3v) is 6.14. The highest BCUT2D eigenvalue weighted by atomic mass is 35.5. The summed E-state index contributed by atoms with van der Waals surface area (Å²) in [4.78, 5) is 25.3. The molecule has 0 aliphatic carbocycles. The molecule has 1 unspecified atom stereocenters. The molecule has 2 N–H and O–H groups in total. The molecule has 0 fully saturated rings. The van der Waals surface area contributed by atoms with Crippen molar-refractivity contribution in [3.05, 3.63) is 74.3 Å². The lowest BCUT2D eigenvalue weighted by atomic mass is 9.85. The number of nitriles is 1. The number of carbonyl (C=O) groups is 2. The molecule has 1 aliphatic rings. The number of rotatable bonds is 7. The molecule has 172 valence electrons. The molecule has 33 heavy (non-hydrogen) atoms. The van der Waals surface area contributed by atoms with Gasteiger partial charge in [0.05, 0.1) is 57.0 Å². The van der Waals surface area contributed by atoms with Crippen molar-refractivity contribution in [2.75, 3.05) is 11.1 Å². The van der Waals surface area contributed by atoms with Crippen molar-refractivity contribution < 1.29 is 18.7 Å². The van der Waals surface area contributed by atoms with E-state index in [1.165, 1.54) is 12.3 Å². The van der Waals surface area contributed by atoms with Crippen LogP contribution < -0.4 is 10.6 Å². The van der Waals surface area contributed by atoms with Crippen LogP contribution in [-0.2, 0) is 14.3 Å². The lowest BCUT2D eigenvalue weighted by Crippen LogP contribution is -2.31. The molecule has 0 radical (unpaired) electrons. The van der Waals surface area contributed by atoms with Gasteiger partial charge in [-0.3, -0.25) is 9.59 Å². The summed E-state index contributed by atoms with van der Waals surface area (Å²) in [5, 5.41) is 17.0. The minimum absolute atomic E-state index is 0.00571. The monoisotopic (exact) mass is 505 g/mol. The van der Waals surface area contributed by atoms with Crippen LogP contribution in [0.4, 0.5) is 5.69 Å². The summed E-state index contributed by atoms with van der Waals surface area (Å²) >= 11 is 13.3. The van der Waals surface area contributed by atoms with Crippen LogP contribution in [0.15, 0.2) is 62.9 Å². The number of nitrogens with one attached hydrogen (secondary N) is 2. The molecule has 3 rings (SSSR count). The average Bonchev–Trinajstić information content (AvgIpc) is 3.27. The molecule has 2 heterocycles. The molecule has 1 aromatic heterocycles. The predicted molar refractivity (Wildman–Crippen MR) is 129 cm³/mol. The van der Waals surface area contributed by atoms with Crippen LogP contribution >= 0.6 is 35.0 Å². The molecule has 1 aromatic carbocycles. The molecule has 0 saturated heterocycles. The molecule has 0 spiro atoms. The van der Waals surface area contributed by atoms with E-state index in [4.69, 9.17) is 32.4 Å². The average molecular weight is 506 g/mol. The van der Waals surface area contributed by atoms with Crippen molar-refractivity contribution in [2.24, 2.45) is 0 Å². The normalized spacial score (nSPS) is 15.8. The first-order valence-corrected chi connectivity index (χ1v) is 11.7. The number of thioether (sulfide) groups is 1. The Morgan fingerprint density at radius 3 is 2.70 bits per heavy atom. The maximum Gasteiger partial charge on any atom is 0.316 e. The first-order chi connectivity index (χ1) is 15.7. The molecular weight excluding hydrogens is 485 g/mol. The Bertz CT molecular complexity index is 1170. The Morgan fingerprint density at radius 2 is 2.09 bits per heavy atom. The van der Waals surface area contributed by atoms with E-state index in [-0.39, 0.29) is 22.5 Å². The fraction of sp³-hybridized carbons (Fsp3) is 0.261. The van der Waals surface area contributed by atoms with E-state index in [1.54, 1.807) is 45.0 Å². The van der Waals surface area contributed by atoms with E-state index < -0.39 is 17.8 Å². The smallest absolute Gasteiger partial charge is 0.316 e. The summed E-state index contributed by atoms with van der Waals surface area (Å²) in [5.41, 5.74) is 1.44. The van der Waals surface area contributed by atoms with Gasteiger partial charge in [-0.2, -0.15) is 5.26 Å². The van der Waals surface area contributed by atoms with Gasteiger partial charge in [0.2, 0.25) is 0 Å². The van der Waals surface area contributed by atoms with Gasteiger partial charge < -0.3 is 19.8 Å². The van der Waals surface area contributed by atoms with Crippen molar-refractivity contribution in [2.45, 2.75) is 32.8 Å². The second-order valence-corrected chi connectivity index (χ2v) is 9.20. The van der Waals surface area contributed by atoms with Crippen LogP contribution in [0.5, 0.6) is 0 Å². The van der Waals surface area contributed by atoms with Crippen LogP contribution in [-0.4, -0.2) is 23.7 Å². The molecular formula is C23H21Cl2N3O4S. The molecule has 1 atom stereocenters. The Labute approximate surface area is 205 Å².